The number of benzene rings is 1. The van der Waals surface area contributed by atoms with Crippen molar-refractivity contribution in [1.29, 1.82) is 0 Å². The zero-order valence-electron chi connectivity index (χ0n) is 18.3. The van der Waals surface area contributed by atoms with Gasteiger partial charge in [0.2, 0.25) is 10.0 Å². The highest BCUT2D eigenvalue weighted by Gasteiger charge is 2.26. The third kappa shape index (κ3) is 4.27. The number of piperidine rings is 1. The number of aryl methyl sites for hydroxylation is 4. The maximum absolute atomic E-state index is 13.0. The molecule has 0 aliphatic carbocycles. The lowest BCUT2D eigenvalue weighted by atomic mass is 10.0. The van der Waals surface area contributed by atoms with Crippen molar-refractivity contribution >= 4 is 21.5 Å². The fraction of sp³-hybridized carbons (Fsp3) is 0.435. The van der Waals surface area contributed by atoms with Gasteiger partial charge >= 0.3 is 0 Å². The molecule has 0 N–H and O–H groups in total. The van der Waals surface area contributed by atoms with Gasteiger partial charge in [0.1, 0.15) is 0 Å². The summed E-state index contributed by atoms with van der Waals surface area (Å²) in [5.74, 6) is -0.00462. The topological polar surface area (TPSA) is 84.6 Å². The molecule has 7 nitrogen and oxygen atoms in total. The molecule has 3 aromatic rings. The van der Waals surface area contributed by atoms with Crippen LogP contribution in [0.25, 0.3) is 5.65 Å². The van der Waals surface area contributed by atoms with E-state index in [0.29, 0.717) is 47.7 Å². The van der Waals surface area contributed by atoms with E-state index in [1.165, 1.54) is 0 Å². The number of Topliss-reactive ketones (excluding diaryl/α,β-unsaturated/α-hetero) is 1. The lowest BCUT2D eigenvalue weighted by molar-refractivity contribution is 0.0983. The van der Waals surface area contributed by atoms with E-state index in [1.807, 2.05) is 26.8 Å². The molecule has 1 aromatic carbocycles. The van der Waals surface area contributed by atoms with Gasteiger partial charge in [-0.3, -0.25) is 4.79 Å². The van der Waals surface area contributed by atoms with Crippen molar-refractivity contribution in [2.45, 2.75) is 57.8 Å². The summed E-state index contributed by atoms with van der Waals surface area (Å²) in [6.45, 7) is 6.86. The number of sulfonamides is 1. The van der Waals surface area contributed by atoms with E-state index >= 15 is 0 Å². The van der Waals surface area contributed by atoms with Crippen LogP contribution in [-0.4, -0.2) is 46.2 Å². The Morgan fingerprint density at radius 3 is 2.39 bits per heavy atom. The summed E-state index contributed by atoms with van der Waals surface area (Å²) >= 11 is 0. The normalized spacial score (nSPS) is 15.5. The lowest BCUT2D eigenvalue weighted by Gasteiger charge is -2.25. The number of hydrogen-bond donors (Lipinski definition) is 0. The van der Waals surface area contributed by atoms with Crippen molar-refractivity contribution in [2.75, 3.05) is 13.1 Å². The molecule has 0 spiro atoms. The van der Waals surface area contributed by atoms with Gasteiger partial charge in [0.05, 0.1) is 16.2 Å². The van der Waals surface area contributed by atoms with Crippen molar-refractivity contribution in [3.8, 4) is 0 Å². The van der Waals surface area contributed by atoms with E-state index in [1.54, 1.807) is 33.1 Å². The Hall–Kier alpha value is -2.58. The molecule has 1 aliphatic rings. The van der Waals surface area contributed by atoms with Gasteiger partial charge < -0.3 is 0 Å². The molecule has 164 valence electrons. The third-order valence-corrected chi connectivity index (χ3v) is 7.78. The molecule has 31 heavy (non-hydrogen) atoms. The molecule has 0 unspecified atom stereocenters. The van der Waals surface area contributed by atoms with Crippen LogP contribution in [-0.2, 0) is 16.4 Å². The summed E-state index contributed by atoms with van der Waals surface area (Å²) in [5, 5.41) is 4.47. The van der Waals surface area contributed by atoms with E-state index in [9.17, 15) is 13.2 Å². The molecule has 4 rings (SSSR count). The molecular weight excluding hydrogens is 412 g/mol. The predicted octanol–water partition coefficient (Wildman–Crippen LogP) is 3.64. The molecule has 1 saturated heterocycles. The Labute approximate surface area is 183 Å². The summed E-state index contributed by atoms with van der Waals surface area (Å²) in [6, 6.07) is 8.85. The first-order chi connectivity index (χ1) is 14.8. The number of aromatic nitrogens is 3. The number of carbonyl (C=O) groups excluding carboxylic acids is 1. The zero-order chi connectivity index (χ0) is 22.2. The largest absolute Gasteiger partial charge is 0.294 e. The molecule has 0 radical (unpaired) electrons. The van der Waals surface area contributed by atoms with Gasteiger partial charge in [0.25, 0.3) is 0 Å². The van der Waals surface area contributed by atoms with Gasteiger partial charge in [0.15, 0.2) is 11.4 Å². The van der Waals surface area contributed by atoms with Crippen molar-refractivity contribution in [2.24, 2.45) is 0 Å². The van der Waals surface area contributed by atoms with Gasteiger partial charge in [-0.25, -0.2) is 17.9 Å². The van der Waals surface area contributed by atoms with Gasteiger partial charge in [-0.2, -0.15) is 9.40 Å². The molecule has 1 aliphatic heterocycles. The van der Waals surface area contributed by atoms with Gasteiger partial charge in [-0.1, -0.05) is 18.6 Å². The molecular formula is C23H28N4O3S. The minimum Gasteiger partial charge on any atom is -0.294 e. The number of carbonyl (C=O) groups is 1. The Morgan fingerprint density at radius 2 is 1.71 bits per heavy atom. The Bertz CT molecular complexity index is 1220. The minimum absolute atomic E-state index is 0.00462. The molecule has 0 amide bonds. The van der Waals surface area contributed by atoms with Crippen LogP contribution in [0.4, 0.5) is 0 Å². The second-order valence-corrected chi connectivity index (χ2v) is 10.2. The fourth-order valence-corrected chi connectivity index (χ4v) is 5.74. The highest BCUT2D eigenvalue weighted by atomic mass is 32.2. The molecule has 0 bridgehead atoms. The van der Waals surface area contributed by atoms with Gasteiger partial charge in [-0.05, 0) is 63.8 Å². The molecule has 2 aromatic heterocycles. The predicted molar refractivity (Wildman–Crippen MR) is 119 cm³/mol. The van der Waals surface area contributed by atoms with Crippen LogP contribution in [0.3, 0.4) is 0 Å². The van der Waals surface area contributed by atoms with Crippen LogP contribution in [0, 0.1) is 20.8 Å². The first-order valence-electron chi connectivity index (χ1n) is 10.7. The number of rotatable bonds is 6. The lowest BCUT2D eigenvalue weighted by Crippen LogP contribution is -2.35. The maximum atomic E-state index is 13.0. The smallest absolute Gasteiger partial charge is 0.243 e. The molecule has 0 saturated carbocycles. The van der Waals surface area contributed by atoms with E-state index in [4.69, 9.17) is 0 Å². The van der Waals surface area contributed by atoms with Crippen LogP contribution >= 0.6 is 0 Å². The summed E-state index contributed by atoms with van der Waals surface area (Å²) in [6.07, 6.45) is 3.76. The number of nitrogens with zero attached hydrogens (tertiary/aromatic N) is 4. The average molecular weight is 441 g/mol. The maximum Gasteiger partial charge on any atom is 0.243 e. The Morgan fingerprint density at radius 1 is 1.03 bits per heavy atom. The monoisotopic (exact) mass is 440 g/mol. The molecule has 3 heterocycles. The van der Waals surface area contributed by atoms with Crippen LogP contribution in [0.1, 0.15) is 58.7 Å². The Kier molecular flexibility index (Phi) is 5.94. The van der Waals surface area contributed by atoms with E-state index in [2.05, 4.69) is 10.1 Å². The number of fused-ring (bicyclic) bond motifs is 1. The first-order valence-corrected chi connectivity index (χ1v) is 12.2. The number of hydrogen-bond acceptors (Lipinski definition) is 5. The van der Waals surface area contributed by atoms with Crippen molar-refractivity contribution in [1.82, 2.24) is 18.9 Å². The SMILES string of the molecule is Cc1cc(C)n2nc(C)c(C(=O)CCc3ccc(S(=O)(=O)N4CCCCC4)cc3)c2n1. The van der Waals surface area contributed by atoms with Crippen LogP contribution in [0.15, 0.2) is 35.2 Å². The summed E-state index contributed by atoms with van der Waals surface area (Å²) < 4.78 is 28.9. The summed E-state index contributed by atoms with van der Waals surface area (Å²) in [5.41, 5.74) is 4.56. The number of ketones is 1. The highest BCUT2D eigenvalue weighted by Crippen LogP contribution is 2.22. The Balaban J connectivity index is 1.48. The minimum atomic E-state index is -3.44. The van der Waals surface area contributed by atoms with E-state index in [-0.39, 0.29) is 5.78 Å². The zero-order valence-corrected chi connectivity index (χ0v) is 19.1. The van der Waals surface area contributed by atoms with Crippen molar-refractivity contribution < 1.29 is 13.2 Å². The standard InChI is InChI=1S/C23H28N4O3S/c1-16-15-17(2)27-23(24-16)22(18(3)25-27)21(28)12-9-19-7-10-20(11-8-19)31(29,30)26-13-5-4-6-14-26/h7-8,10-11,15H,4-6,9,12-14H2,1-3H3. The van der Waals surface area contributed by atoms with Gasteiger partial charge in [-0.15, -0.1) is 0 Å². The average Bonchev–Trinajstić information content (AvgIpc) is 3.09. The molecule has 1 fully saturated rings. The quantitative estimate of drug-likeness (QED) is 0.546. The highest BCUT2D eigenvalue weighted by molar-refractivity contribution is 7.89. The van der Waals surface area contributed by atoms with Gasteiger partial charge in [0, 0.05) is 30.9 Å². The second-order valence-electron chi connectivity index (χ2n) is 8.27. The second kappa shape index (κ2) is 8.51. The molecule has 0 atom stereocenters. The van der Waals surface area contributed by atoms with Crippen molar-refractivity contribution in [3.05, 3.63) is 58.5 Å². The van der Waals surface area contributed by atoms with E-state index in [0.717, 1.165) is 36.2 Å². The van der Waals surface area contributed by atoms with E-state index < -0.39 is 10.0 Å². The van der Waals surface area contributed by atoms with Crippen LogP contribution < -0.4 is 0 Å². The summed E-state index contributed by atoms with van der Waals surface area (Å²) in [7, 11) is -3.44. The molecule has 8 heteroatoms. The fourth-order valence-electron chi connectivity index (χ4n) is 4.22. The van der Waals surface area contributed by atoms with Crippen LogP contribution in [0.2, 0.25) is 0 Å². The summed E-state index contributed by atoms with van der Waals surface area (Å²) in [4.78, 5) is 17.8. The van der Waals surface area contributed by atoms with Crippen molar-refractivity contribution in [3.63, 3.8) is 0 Å². The third-order valence-electron chi connectivity index (χ3n) is 5.87. The first kappa shape index (κ1) is 21.6. The van der Waals surface area contributed by atoms with Crippen LogP contribution in [0.5, 0.6) is 0 Å².